The summed E-state index contributed by atoms with van der Waals surface area (Å²) in [6.45, 7) is 2.09. The van der Waals surface area contributed by atoms with Gasteiger partial charge in [0.1, 0.15) is 5.76 Å². The van der Waals surface area contributed by atoms with Crippen LogP contribution in [0.5, 0.6) is 0 Å². The maximum Gasteiger partial charge on any atom is 0.306 e. The van der Waals surface area contributed by atoms with E-state index in [4.69, 9.17) is 4.52 Å². The quantitative estimate of drug-likeness (QED) is 0.680. The summed E-state index contributed by atoms with van der Waals surface area (Å²) >= 11 is 0. The van der Waals surface area contributed by atoms with Gasteiger partial charge in [0, 0.05) is 30.6 Å². The summed E-state index contributed by atoms with van der Waals surface area (Å²) in [7, 11) is -2.32. The summed E-state index contributed by atoms with van der Waals surface area (Å²) in [6, 6.07) is 1.27. The molecule has 27 heavy (non-hydrogen) atoms. The molecule has 10 heteroatoms. The van der Waals surface area contributed by atoms with Crippen molar-refractivity contribution in [1.82, 2.24) is 14.8 Å². The highest BCUT2D eigenvalue weighted by atomic mass is 32.2. The molecule has 1 aromatic heterocycles. The lowest BCUT2D eigenvalue weighted by molar-refractivity contribution is -0.140. The minimum Gasteiger partial charge on any atom is -0.469 e. The van der Waals surface area contributed by atoms with Gasteiger partial charge in [-0.1, -0.05) is 5.16 Å². The Morgan fingerprint density at radius 3 is 2.74 bits per heavy atom. The van der Waals surface area contributed by atoms with Crippen molar-refractivity contribution < 1.29 is 27.3 Å². The Balaban J connectivity index is 1.52. The minimum absolute atomic E-state index is 0.138. The number of nitrogens with one attached hydrogen (secondary N) is 1. The molecule has 150 valence electrons. The normalized spacial score (nSPS) is 23.8. The fourth-order valence-corrected chi connectivity index (χ4v) is 5.02. The van der Waals surface area contributed by atoms with Crippen molar-refractivity contribution in [3.05, 3.63) is 17.5 Å². The highest BCUT2D eigenvalue weighted by Crippen LogP contribution is 2.40. The third-order valence-electron chi connectivity index (χ3n) is 5.04. The Hall–Kier alpha value is -1.94. The number of hydrogen-bond donors (Lipinski definition) is 1. The monoisotopic (exact) mass is 399 g/mol. The van der Waals surface area contributed by atoms with Crippen LogP contribution in [0.2, 0.25) is 0 Å². The lowest BCUT2D eigenvalue weighted by Gasteiger charge is -2.36. The number of carbonyl (C=O) groups excluding carboxylic acids is 2. The van der Waals surface area contributed by atoms with E-state index in [-0.39, 0.29) is 35.9 Å². The number of sulfonamides is 1. The van der Waals surface area contributed by atoms with E-state index in [2.05, 4.69) is 15.2 Å². The van der Waals surface area contributed by atoms with Crippen LogP contribution >= 0.6 is 0 Å². The van der Waals surface area contributed by atoms with E-state index in [9.17, 15) is 18.0 Å². The first-order valence-corrected chi connectivity index (χ1v) is 10.7. The topological polar surface area (TPSA) is 119 Å². The molecule has 1 saturated carbocycles. The number of piperidine rings is 1. The summed E-state index contributed by atoms with van der Waals surface area (Å²) < 4.78 is 36.0. The first-order chi connectivity index (χ1) is 12.8. The van der Waals surface area contributed by atoms with E-state index < -0.39 is 16.0 Å². The van der Waals surface area contributed by atoms with Crippen LogP contribution in [0.3, 0.4) is 0 Å². The van der Waals surface area contributed by atoms with Crippen LogP contribution < -0.4 is 5.32 Å². The van der Waals surface area contributed by atoms with Gasteiger partial charge >= 0.3 is 5.97 Å². The zero-order valence-corrected chi connectivity index (χ0v) is 16.3. The van der Waals surface area contributed by atoms with Gasteiger partial charge in [-0.2, -0.15) is 4.31 Å². The Morgan fingerprint density at radius 2 is 2.11 bits per heavy atom. The predicted octanol–water partition coefficient (Wildman–Crippen LogP) is 1.03. The summed E-state index contributed by atoms with van der Waals surface area (Å²) in [5.74, 6) is 0.0122. The molecule has 1 amide bonds. The highest BCUT2D eigenvalue weighted by Gasteiger charge is 2.35. The SMILES string of the molecule is COC(=O)CCS(=O)(=O)N1CC[C@H](NC(=O)c2cc(C3CC3)on2)C[C@H]1C. The summed E-state index contributed by atoms with van der Waals surface area (Å²) in [5.41, 5.74) is 0.262. The molecule has 2 heterocycles. The van der Waals surface area contributed by atoms with Crippen molar-refractivity contribution in [2.24, 2.45) is 0 Å². The molecule has 0 spiro atoms. The average Bonchev–Trinajstić information content (AvgIpc) is 3.36. The van der Waals surface area contributed by atoms with Gasteiger partial charge < -0.3 is 14.6 Å². The number of methoxy groups -OCH3 is 1. The molecule has 2 atom stereocenters. The van der Waals surface area contributed by atoms with Crippen LogP contribution in [0.25, 0.3) is 0 Å². The Labute approximate surface area is 158 Å². The van der Waals surface area contributed by atoms with Gasteiger partial charge in [0.05, 0.1) is 19.3 Å². The first kappa shape index (κ1) is 19.8. The molecule has 1 saturated heterocycles. The Kier molecular flexibility index (Phi) is 5.85. The molecule has 1 N–H and O–H groups in total. The van der Waals surface area contributed by atoms with Crippen molar-refractivity contribution in [3.63, 3.8) is 0 Å². The van der Waals surface area contributed by atoms with Crippen LogP contribution in [0.1, 0.15) is 61.2 Å². The summed E-state index contributed by atoms with van der Waals surface area (Å²) in [4.78, 5) is 23.6. The second-order valence-corrected chi connectivity index (χ2v) is 9.23. The van der Waals surface area contributed by atoms with Crippen molar-refractivity contribution in [3.8, 4) is 0 Å². The molecule has 0 bridgehead atoms. The van der Waals surface area contributed by atoms with Crippen LogP contribution in [-0.2, 0) is 19.6 Å². The van der Waals surface area contributed by atoms with Crippen LogP contribution in [0, 0.1) is 0 Å². The van der Waals surface area contributed by atoms with E-state index >= 15 is 0 Å². The van der Waals surface area contributed by atoms with Gasteiger partial charge in [0.15, 0.2) is 5.69 Å². The number of esters is 1. The predicted molar refractivity (Wildman–Crippen MR) is 95.6 cm³/mol. The van der Waals surface area contributed by atoms with Crippen LogP contribution in [-0.4, -0.2) is 61.2 Å². The number of amides is 1. The fourth-order valence-electron chi connectivity index (χ4n) is 3.34. The van der Waals surface area contributed by atoms with Crippen LogP contribution in [0.15, 0.2) is 10.6 Å². The number of nitrogens with zero attached hydrogens (tertiary/aromatic N) is 2. The smallest absolute Gasteiger partial charge is 0.306 e. The highest BCUT2D eigenvalue weighted by molar-refractivity contribution is 7.89. The molecule has 0 aromatic carbocycles. The van der Waals surface area contributed by atoms with Gasteiger partial charge in [-0.05, 0) is 32.6 Å². The first-order valence-electron chi connectivity index (χ1n) is 9.14. The fraction of sp³-hybridized carbons (Fsp3) is 0.706. The summed E-state index contributed by atoms with van der Waals surface area (Å²) in [5, 5.41) is 6.74. The van der Waals surface area contributed by atoms with E-state index in [0.717, 1.165) is 18.6 Å². The zero-order chi connectivity index (χ0) is 19.6. The Morgan fingerprint density at radius 1 is 1.37 bits per heavy atom. The maximum atomic E-state index is 12.4. The van der Waals surface area contributed by atoms with E-state index in [0.29, 0.717) is 25.3 Å². The molecule has 1 aliphatic heterocycles. The molecule has 2 aliphatic rings. The molecule has 2 fully saturated rings. The third-order valence-corrected chi connectivity index (χ3v) is 7.02. The van der Waals surface area contributed by atoms with Crippen molar-refractivity contribution in [2.45, 2.75) is 57.0 Å². The second-order valence-electron chi connectivity index (χ2n) is 7.19. The van der Waals surface area contributed by atoms with E-state index in [1.54, 1.807) is 13.0 Å². The van der Waals surface area contributed by atoms with Gasteiger partial charge in [0.25, 0.3) is 5.91 Å². The minimum atomic E-state index is -3.55. The van der Waals surface area contributed by atoms with Crippen molar-refractivity contribution in [2.75, 3.05) is 19.4 Å². The van der Waals surface area contributed by atoms with E-state index in [1.165, 1.54) is 11.4 Å². The maximum absolute atomic E-state index is 12.4. The number of hydrogen-bond acceptors (Lipinski definition) is 7. The molecule has 3 rings (SSSR count). The number of rotatable bonds is 7. The van der Waals surface area contributed by atoms with E-state index in [1.807, 2.05) is 0 Å². The Bertz CT molecular complexity index is 801. The molecular weight excluding hydrogens is 374 g/mol. The molecule has 1 aromatic rings. The number of ether oxygens (including phenoxy) is 1. The van der Waals surface area contributed by atoms with Crippen molar-refractivity contribution >= 4 is 21.9 Å². The largest absolute Gasteiger partial charge is 0.469 e. The zero-order valence-electron chi connectivity index (χ0n) is 15.5. The van der Waals surface area contributed by atoms with Crippen molar-refractivity contribution in [1.29, 1.82) is 0 Å². The van der Waals surface area contributed by atoms with Gasteiger partial charge in [-0.25, -0.2) is 8.42 Å². The summed E-state index contributed by atoms with van der Waals surface area (Å²) in [6.07, 6.45) is 2.96. The third kappa shape index (κ3) is 4.86. The molecule has 0 unspecified atom stereocenters. The molecule has 0 radical (unpaired) electrons. The second kappa shape index (κ2) is 7.97. The average molecular weight is 399 g/mol. The number of aromatic nitrogens is 1. The molecule has 9 nitrogen and oxygen atoms in total. The molecule has 1 aliphatic carbocycles. The van der Waals surface area contributed by atoms with Gasteiger partial charge in [-0.3, -0.25) is 9.59 Å². The van der Waals surface area contributed by atoms with Gasteiger partial charge in [-0.15, -0.1) is 0 Å². The standard InChI is InChI=1S/C17H25N3O6S/c1-11-9-13(5-7-20(11)27(23,24)8-6-16(21)25-2)18-17(22)14-10-15(26-19-14)12-3-4-12/h10-13H,3-9H2,1-2H3,(H,18,22)/t11-,13+/m1/s1. The number of carbonyl (C=O) groups is 2. The van der Waals surface area contributed by atoms with Crippen LogP contribution in [0.4, 0.5) is 0 Å². The lowest BCUT2D eigenvalue weighted by atomic mass is 10.0. The van der Waals surface area contributed by atoms with Gasteiger partial charge in [0.2, 0.25) is 10.0 Å². The lowest BCUT2D eigenvalue weighted by Crippen LogP contribution is -2.51. The molecular formula is C17H25N3O6S.